The molecule has 1 aliphatic rings. The molecule has 0 saturated carbocycles. The van der Waals surface area contributed by atoms with Gasteiger partial charge >= 0.3 is 0 Å². The van der Waals surface area contributed by atoms with Crippen LogP contribution in [0.15, 0.2) is 42.5 Å². The molecular formula is C20H27N3O2. The molecule has 5 nitrogen and oxygen atoms in total. The third-order valence-corrected chi connectivity index (χ3v) is 4.85. The SMILES string of the molecule is CNc1ccc(CCN2CCN(c3ccccc3OC)CC2)cc1O. The van der Waals surface area contributed by atoms with Crippen molar-refractivity contribution in [1.29, 1.82) is 0 Å². The van der Waals surface area contributed by atoms with Crippen molar-refractivity contribution in [2.75, 3.05) is 57.1 Å². The molecule has 0 atom stereocenters. The Morgan fingerprint density at radius 1 is 1.08 bits per heavy atom. The highest BCUT2D eigenvalue weighted by atomic mass is 16.5. The Hall–Kier alpha value is -2.40. The normalized spacial score (nSPS) is 15.2. The number of methoxy groups -OCH3 is 1. The maximum absolute atomic E-state index is 9.94. The molecule has 0 unspecified atom stereocenters. The van der Waals surface area contributed by atoms with Crippen molar-refractivity contribution in [1.82, 2.24) is 4.90 Å². The number of para-hydroxylation sites is 2. The average molecular weight is 341 g/mol. The van der Waals surface area contributed by atoms with E-state index in [0.29, 0.717) is 5.75 Å². The van der Waals surface area contributed by atoms with E-state index in [1.807, 2.05) is 31.3 Å². The van der Waals surface area contributed by atoms with Crippen LogP contribution in [-0.4, -0.2) is 56.9 Å². The highest BCUT2D eigenvalue weighted by molar-refractivity contribution is 5.58. The Morgan fingerprint density at radius 3 is 2.52 bits per heavy atom. The van der Waals surface area contributed by atoms with Crippen LogP contribution in [0.2, 0.25) is 0 Å². The summed E-state index contributed by atoms with van der Waals surface area (Å²) in [6.45, 7) is 5.10. The lowest BCUT2D eigenvalue weighted by atomic mass is 10.1. The molecule has 0 radical (unpaired) electrons. The Bertz CT molecular complexity index is 697. The fraction of sp³-hybridized carbons (Fsp3) is 0.400. The summed E-state index contributed by atoms with van der Waals surface area (Å²) in [6.07, 6.45) is 0.951. The molecule has 0 bridgehead atoms. The summed E-state index contributed by atoms with van der Waals surface area (Å²) in [7, 11) is 3.54. The molecule has 5 heteroatoms. The zero-order valence-corrected chi connectivity index (χ0v) is 15.0. The van der Waals surface area contributed by atoms with Crippen molar-refractivity contribution >= 4 is 11.4 Å². The molecule has 25 heavy (non-hydrogen) atoms. The fourth-order valence-electron chi connectivity index (χ4n) is 3.33. The van der Waals surface area contributed by atoms with Gasteiger partial charge in [-0.05, 0) is 36.2 Å². The summed E-state index contributed by atoms with van der Waals surface area (Å²) in [6, 6.07) is 14.1. The number of nitrogens with zero attached hydrogens (tertiary/aromatic N) is 2. The molecule has 0 spiro atoms. The van der Waals surface area contributed by atoms with Crippen molar-refractivity contribution in [2.24, 2.45) is 0 Å². The fourth-order valence-corrected chi connectivity index (χ4v) is 3.33. The van der Waals surface area contributed by atoms with Crippen LogP contribution in [0.5, 0.6) is 11.5 Å². The van der Waals surface area contributed by atoms with Crippen molar-refractivity contribution in [3.8, 4) is 11.5 Å². The lowest BCUT2D eigenvalue weighted by Gasteiger charge is -2.36. The molecule has 1 heterocycles. The van der Waals surface area contributed by atoms with Crippen molar-refractivity contribution < 1.29 is 9.84 Å². The summed E-state index contributed by atoms with van der Waals surface area (Å²) in [5.41, 5.74) is 3.12. The highest BCUT2D eigenvalue weighted by Gasteiger charge is 2.19. The van der Waals surface area contributed by atoms with Gasteiger partial charge in [0.05, 0.1) is 18.5 Å². The maximum atomic E-state index is 9.94. The molecule has 1 aliphatic heterocycles. The summed E-state index contributed by atoms with van der Waals surface area (Å²) < 4.78 is 5.48. The van der Waals surface area contributed by atoms with Gasteiger partial charge < -0.3 is 20.1 Å². The molecule has 0 aliphatic carbocycles. The Balaban J connectivity index is 1.52. The van der Waals surface area contributed by atoms with Crippen LogP contribution in [0.1, 0.15) is 5.56 Å². The van der Waals surface area contributed by atoms with E-state index in [1.165, 1.54) is 11.3 Å². The number of benzene rings is 2. The molecule has 134 valence electrons. The first-order valence-electron chi connectivity index (χ1n) is 8.81. The van der Waals surface area contributed by atoms with Crippen LogP contribution in [0.3, 0.4) is 0 Å². The van der Waals surface area contributed by atoms with E-state index < -0.39 is 0 Å². The van der Waals surface area contributed by atoms with Crippen molar-refractivity contribution in [3.05, 3.63) is 48.0 Å². The number of hydrogen-bond donors (Lipinski definition) is 2. The van der Waals surface area contributed by atoms with Gasteiger partial charge in [-0.1, -0.05) is 18.2 Å². The molecule has 2 aromatic carbocycles. The number of piperazine rings is 1. The molecule has 1 saturated heterocycles. The van der Waals surface area contributed by atoms with Gasteiger partial charge in [0.15, 0.2) is 0 Å². The van der Waals surface area contributed by atoms with E-state index in [1.54, 1.807) is 7.11 Å². The Labute approximate surface area is 149 Å². The van der Waals surface area contributed by atoms with Gasteiger partial charge in [-0.15, -0.1) is 0 Å². The van der Waals surface area contributed by atoms with Gasteiger partial charge in [-0.2, -0.15) is 0 Å². The number of nitrogens with one attached hydrogen (secondary N) is 1. The molecule has 2 N–H and O–H groups in total. The minimum Gasteiger partial charge on any atom is -0.506 e. The minimum atomic E-state index is 0.320. The summed E-state index contributed by atoms with van der Waals surface area (Å²) >= 11 is 0. The number of rotatable bonds is 6. The predicted octanol–water partition coefficient (Wildman–Crippen LogP) is 2.81. The first-order valence-corrected chi connectivity index (χ1v) is 8.81. The van der Waals surface area contributed by atoms with E-state index in [4.69, 9.17) is 4.74 Å². The predicted molar refractivity (Wildman–Crippen MR) is 103 cm³/mol. The van der Waals surface area contributed by atoms with Gasteiger partial charge in [0.1, 0.15) is 11.5 Å². The molecule has 1 fully saturated rings. The Kier molecular flexibility index (Phi) is 5.66. The number of phenolic OH excluding ortho intramolecular Hbond substituents is 1. The van der Waals surface area contributed by atoms with Crippen LogP contribution < -0.4 is 15.0 Å². The quantitative estimate of drug-likeness (QED) is 0.791. The second-order valence-corrected chi connectivity index (χ2v) is 6.35. The molecule has 0 aromatic heterocycles. The Morgan fingerprint density at radius 2 is 1.84 bits per heavy atom. The smallest absolute Gasteiger partial charge is 0.142 e. The second-order valence-electron chi connectivity index (χ2n) is 6.35. The van der Waals surface area contributed by atoms with E-state index >= 15 is 0 Å². The number of phenols is 1. The van der Waals surface area contributed by atoms with E-state index in [-0.39, 0.29) is 0 Å². The summed E-state index contributed by atoms with van der Waals surface area (Å²) in [4.78, 5) is 4.87. The lowest BCUT2D eigenvalue weighted by molar-refractivity contribution is 0.260. The maximum Gasteiger partial charge on any atom is 0.142 e. The molecular weight excluding hydrogens is 314 g/mol. The molecule has 3 rings (SSSR count). The van der Waals surface area contributed by atoms with Crippen molar-refractivity contribution in [2.45, 2.75) is 6.42 Å². The zero-order chi connectivity index (χ0) is 17.6. The third kappa shape index (κ3) is 4.17. The van der Waals surface area contributed by atoms with Crippen molar-refractivity contribution in [3.63, 3.8) is 0 Å². The van der Waals surface area contributed by atoms with Crippen LogP contribution in [-0.2, 0) is 6.42 Å². The van der Waals surface area contributed by atoms with Gasteiger partial charge in [0, 0.05) is 39.8 Å². The standard InChI is InChI=1S/C20H27N3O2/c1-21-17-8-7-16(15-19(17)24)9-10-22-11-13-23(14-12-22)18-5-3-4-6-20(18)25-2/h3-8,15,21,24H,9-14H2,1-2H3. The number of hydrogen-bond acceptors (Lipinski definition) is 5. The van der Waals surface area contributed by atoms with Gasteiger partial charge in [-0.25, -0.2) is 0 Å². The minimum absolute atomic E-state index is 0.320. The van der Waals surface area contributed by atoms with Gasteiger partial charge in [-0.3, -0.25) is 4.90 Å². The monoisotopic (exact) mass is 341 g/mol. The topological polar surface area (TPSA) is 48.0 Å². The van der Waals surface area contributed by atoms with Gasteiger partial charge in [0.25, 0.3) is 0 Å². The molecule has 2 aromatic rings. The zero-order valence-electron chi connectivity index (χ0n) is 15.0. The average Bonchev–Trinajstić information content (AvgIpc) is 2.67. The van der Waals surface area contributed by atoms with Gasteiger partial charge in [0.2, 0.25) is 0 Å². The van der Waals surface area contributed by atoms with Crippen LogP contribution in [0.4, 0.5) is 11.4 Å². The van der Waals surface area contributed by atoms with Crippen LogP contribution in [0.25, 0.3) is 0 Å². The van der Waals surface area contributed by atoms with E-state index in [0.717, 1.165) is 50.6 Å². The lowest BCUT2D eigenvalue weighted by Crippen LogP contribution is -2.47. The first-order chi connectivity index (χ1) is 12.2. The van der Waals surface area contributed by atoms with E-state index in [9.17, 15) is 5.11 Å². The molecule has 0 amide bonds. The second kappa shape index (κ2) is 8.12. The first kappa shape index (κ1) is 17.4. The number of aromatic hydroxyl groups is 1. The highest BCUT2D eigenvalue weighted by Crippen LogP contribution is 2.28. The van der Waals surface area contributed by atoms with Crippen LogP contribution >= 0.6 is 0 Å². The summed E-state index contributed by atoms with van der Waals surface area (Å²) in [5.74, 6) is 1.26. The van der Waals surface area contributed by atoms with Crippen LogP contribution in [0, 0.1) is 0 Å². The largest absolute Gasteiger partial charge is 0.506 e. The third-order valence-electron chi connectivity index (χ3n) is 4.85. The summed E-state index contributed by atoms with van der Waals surface area (Å²) in [5, 5.41) is 12.9. The number of anilines is 2. The van der Waals surface area contributed by atoms with E-state index in [2.05, 4.69) is 33.3 Å². The number of ether oxygens (including phenoxy) is 1.